The minimum atomic E-state index is -0.571. The van der Waals surface area contributed by atoms with E-state index < -0.39 is 21.7 Å². The minimum Gasteiger partial charge on any atom is -0.316 e. The highest BCUT2D eigenvalue weighted by atomic mass is 33.1. The molecule has 12 heteroatoms. The fourth-order valence-corrected chi connectivity index (χ4v) is 5.76. The number of carbonyl (C=O) groups excluding carboxylic acids is 2. The Kier molecular flexibility index (Phi) is 8.36. The molecule has 0 spiro atoms. The second-order valence-corrected chi connectivity index (χ2v) is 9.83. The summed E-state index contributed by atoms with van der Waals surface area (Å²) in [5, 5.41) is 27.8. The summed E-state index contributed by atoms with van der Waals surface area (Å²) in [6.07, 6.45) is 0. The number of nitro benzene ring substituents is 2. The molecule has 10 nitrogen and oxygen atoms in total. The molecule has 0 aromatic heterocycles. The third-order valence-electron chi connectivity index (χ3n) is 5.18. The number of nitrogens with zero attached hydrogens (tertiary/aromatic N) is 2. The van der Waals surface area contributed by atoms with Crippen molar-refractivity contribution in [1.29, 1.82) is 0 Å². The van der Waals surface area contributed by atoms with Crippen LogP contribution in [0.2, 0.25) is 0 Å². The molecule has 0 saturated carbocycles. The molecule has 2 amide bonds. The summed E-state index contributed by atoms with van der Waals surface area (Å²) in [7, 11) is 2.46. The summed E-state index contributed by atoms with van der Waals surface area (Å²) >= 11 is 0. The highest BCUT2D eigenvalue weighted by Crippen LogP contribution is 2.41. The Morgan fingerprint density at radius 3 is 1.29 bits per heavy atom. The first-order valence-corrected chi connectivity index (χ1v) is 13.1. The van der Waals surface area contributed by atoms with Crippen molar-refractivity contribution in [2.24, 2.45) is 0 Å². The Morgan fingerprint density at radius 1 is 0.553 bits per heavy atom. The van der Waals surface area contributed by atoms with Crippen molar-refractivity contribution < 1.29 is 19.4 Å². The number of nitro groups is 2. The maximum atomic E-state index is 13.0. The van der Waals surface area contributed by atoms with Crippen LogP contribution in [0.15, 0.2) is 107 Å². The molecule has 4 rings (SSSR count). The molecular formula is C26H18N4O6S2. The Morgan fingerprint density at radius 2 is 0.895 bits per heavy atom. The first-order valence-electron chi connectivity index (χ1n) is 11.0. The second kappa shape index (κ2) is 12.0. The fourth-order valence-electron chi connectivity index (χ4n) is 3.40. The average molecular weight is 547 g/mol. The standard InChI is InChI=1S/C26H18N4O6S2/c31-25(27-19-11-3-5-13-21(19)29(33)34)17-9-1-7-15-23(17)37-38-24-16-8-2-10-18(24)26(32)28-20-12-4-6-14-22(20)30(35)36/h1-16H,(H,27,31)(H,28,32). The molecule has 0 saturated heterocycles. The van der Waals surface area contributed by atoms with Gasteiger partial charge in [0.1, 0.15) is 11.4 Å². The van der Waals surface area contributed by atoms with Crippen molar-refractivity contribution in [2.45, 2.75) is 9.79 Å². The molecule has 0 atom stereocenters. The minimum absolute atomic E-state index is 0.0759. The molecule has 38 heavy (non-hydrogen) atoms. The summed E-state index contributed by atoms with van der Waals surface area (Å²) < 4.78 is 0. The van der Waals surface area contributed by atoms with Gasteiger partial charge >= 0.3 is 0 Å². The topological polar surface area (TPSA) is 144 Å². The van der Waals surface area contributed by atoms with E-state index in [2.05, 4.69) is 10.6 Å². The highest BCUT2D eigenvalue weighted by Gasteiger charge is 2.20. The van der Waals surface area contributed by atoms with Crippen LogP contribution in [0.25, 0.3) is 0 Å². The molecule has 0 radical (unpaired) electrons. The monoisotopic (exact) mass is 546 g/mol. The molecule has 4 aromatic rings. The lowest BCUT2D eigenvalue weighted by atomic mass is 10.2. The number of hydrogen-bond acceptors (Lipinski definition) is 8. The van der Waals surface area contributed by atoms with Gasteiger partial charge in [-0.25, -0.2) is 0 Å². The van der Waals surface area contributed by atoms with Gasteiger partial charge in [-0.1, -0.05) is 70.1 Å². The van der Waals surface area contributed by atoms with Crippen molar-refractivity contribution in [3.63, 3.8) is 0 Å². The number of hydrogen-bond donors (Lipinski definition) is 2. The third kappa shape index (κ3) is 6.17. The number of benzene rings is 4. The fraction of sp³-hybridized carbons (Fsp3) is 0. The van der Waals surface area contributed by atoms with E-state index in [-0.39, 0.29) is 22.7 Å². The van der Waals surface area contributed by atoms with Crippen LogP contribution in [0, 0.1) is 20.2 Å². The zero-order valence-electron chi connectivity index (χ0n) is 19.4. The Hall–Kier alpha value is -4.68. The van der Waals surface area contributed by atoms with Crippen LogP contribution in [0.1, 0.15) is 20.7 Å². The van der Waals surface area contributed by atoms with Crippen LogP contribution < -0.4 is 10.6 Å². The van der Waals surface area contributed by atoms with E-state index in [1.54, 1.807) is 60.7 Å². The Bertz CT molecular complexity index is 1430. The van der Waals surface area contributed by atoms with E-state index in [0.717, 1.165) is 0 Å². The van der Waals surface area contributed by atoms with Gasteiger partial charge in [0.25, 0.3) is 23.2 Å². The van der Waals surface area contributed by atoms with Gasteiger partial charge in [-0.05, 0) is 36.4 Å². The smallest absolute Gasteiger partial charge is 0.292 e. The highest BCUT2D eigenvalue weighted by molar-refractivity contribution is 8.76. The van der Waals surface area contributed by atoms with Gasteiger partial charge in [0, 0.05) is 21.9 Å². The van der Waals surface area contributed by atoms with Gasteiger partial charge in [-0.2, -0.15) is 0 Å². The lowest BCUT2D eigenvalue weighted by Gasteiger charge is -2.12. The number of amides is 2. The molecule has 0 aliphatic carbocycles. The van der Waals surface area contributed by atoms with E-state index in [4.69, 9.17) is 0 Å². The van der Waals surface area contributed by atoms with Crippen molar-refractivity contribution >= 4 is 56.2 Å². The summed E-state index contributed by atoms with van der Waals surface area (Å²) in [4.78, 5) is 48.6. The number of anilines is 2. The number of para-hydroxylation sites is 4. The molecule has 0 bridgehead atoms. The van der Waals surface area contributed by atoms with Gasteiger partial charge in [-0.15, -0.1) is 0 Å². The molecular weight excluding hydrogens is 528 g/mol. The Labute approximate surface area is 224 Å². The molecule has 190 valence electrons. The van der Waals surface area contributed by atoms with Crippen molar-refractivity contribution in [3.8, 4) is 0 Å². The maximum absolute atomic E-state index is 13.0. The van der Waals surface area contributed by atoms with Gasteiger partial charge in [0.2, 0.25) is 0 Å². The third-order valence-corrected chi connectivity index (χ3v) is 7.66. The number of nitrogens with one attached hydrogen (secondary N) is 2. The van der Waals surface area contributed by atoms with Gasteiger partial charge in [0.15, 0.2) is 0 Å². The molecule has 0 unspecified atom stereocenters. The van der Waals surface area contributed by atoms with Crippen LogP contribution in [0.3, 0.4) is 0 Å². The normalized spacial score (nSPS) is 10.4. The lowest BCUT2D eigenvalue weighted by Crippen LogP contribution is -2.14. The lowest BCUT2D eigenvalue weighted by molar-refractivity contribution is -0.384. The zero-order valence-corrected chi connectivity index (χ0v) is 21.0. The predicted molar refractivity (Wildman–Crippen MR) is 147 cm³/mol. The molecule has 0 aliphatic heterocycles. The largest absolute Gasteiger partial charge is 0.316 e. The van der Waals surface area contributed by atoms with Gasteiger partial charge < -0.3 is 10.6 Å². The second-order valence-electron chi connectivity index (χ2n) is 7.62. The van der Waals surface area contributed by atoms with Gasteiger partial charge in [0.05, 0.1) is 21.0 Å². The predicted octanol–water partition coefficient (Wildman–Crippen LogP) is 6.81. The Balaban J connectivity index is 1.53. The van der Waals surface area contributed by atoms with E-state index in [9.17, 15) is 29.8 Å². The summed E-state index contributed by atoms with van der Waals surface area (Å²) in [5.41, 5.74) is 0.298. The number of carbonyl (C=O) groups is 2. The first-order chi connectivity index (χ1) is 18.3. The average Bonchev–Trinajstić information content (AvgIpc) is 2.92. The maximum Gasteiger partial charge on any atom is 0.292 e. The summed E-state index contributed by atoms with van der Waals surface area (Å²) in [6.45, 7) is 0. The van der Waals surface area contributed by atoms with E-state index in [1.807, 2.05) is 0 Å². The van der Waals surface area contributed by atoms with Crippen molar-refractivity contribution in [3.05, 3.63) is 128 Å². The zero-order chi connectivity index (χ0) is 27.1. The van der Waals surface area contributed by atoms with Crippen molar-refractivity contribution in [1.82, 2.24) is 0 Å². The van der Waals surface area contributed by atoms with E-state index in [1.165, 1.54) is 58.0 Å². The molecule has 0 fully saturated rings. The molecule has 0 heterocycles. The molecule has 0 aliphatic rings. The van der Waals surface area contributed by atoms with Crippen molar-refractivity contribution in [2.75, 3.05) is 10.6 Å². The molecule has 2 N–H and O–H groups in total. The summed E-state index contributed by atoms with van der Waals surface area (Å²) in [6, 6.07) is 25.2. The van der Waals surface area contributed by atoms with Crippen LogP contribution >= 0.6 is 21.6 Å². The van der Waals surface area contributed by atoms with Gasteiger partial charge in [-0.3, -0.25) is 29.8 Å². The van der Waals surface area contributed by atoms with E-state index >= 15 is 0 Å². The first kappa shape index (κ1) is 26.4. The number of rotatable bonds is 9. The van der Waals surface area contributed by atoms with E-state index in [0.29, 0.717) is 20.9 Å². The molecule has 4 aromatic carbocycles. The summed E-state index contributed by atoms with van der Waals surface area (Å²) in [5.74, 6) is -1.05. The quantitative estimate of drug-likeness (QED) is 0.132. The van der Waals surface area contributed by atoms with Crippen LogP contribution in [-0.4, -0.2) is 21.7 Å². The van der Waals surface area contributed by atoms with Crippen LogP contribution in [-0.2, 0) is 0 Å². The SMILES string of the molecule is O=C(Nc1ccccc1[N+](=O)[O-])c1ccccc1SSc1ccccc1C(=O)Nc1ccccc1[N+](=O)[O-]. The van der Waals surface area contributed by atoms with Crippen LogP contribution in [0.4, 0.5) is 22.7 Å². The van der Waals surface area contributed by atoms with Crippen LogP contribution in [0.5, 0.6) is 0 Å².